The van der Waals surface area contributed by atoms with Gasteiger partial charge < -0.3 is 10.5 Å². The van der Waals surface area contributed by atoms with Gasteiger partial charge in [0.2, 0.25) is 0 Å². The number of ether oxygens (including phenoxy) is 1. The van der Waals surface area contributed by atoms with Crippen LogP contribution >= 0.6 is 0 Å². The maximum atomic E-state index is 13.7. The lowest BCUT2D eigenvalue weighted by Crippen LogP contribution is -2.34. The van der Waals surface area contributed by atoms with E-state index in [1.165, 1.54) is 6.07 Å². The fourth-order valence-corrected chi connectivity index (χ4v) is 2.46. The van der Waals surface area contributed by atoms with E-state index in [0.29, 0.717) is 19.6 Å². The Morgan fingerprint density at radius 2 is 2.00 bits per heavy atom. The Kier molecular flexibility index (Phi) is 3.92. The van der Waals surface area contributed by atoms with Crippen LogP contribution in [-0.4, -0.2) is 13.2 Å². The highest BCUT2D eigenvalue weighted by molar-refractivity contribution is 5.24. The second-order valence-corrected chi connectivity index (χ2v) is 4.80. The summed E-state index contributed by atoms with van der Waals surface area (Å²) in [4.78, 5) is 0. The minimum absolute atomic E-state index is 0.0121. The Morgan fingerprint density at radius 3 is 2.67 bits per heavy atom. The summed E-state index contributed by atoms with van der Waals surface area (Å²) in [6, 6.07) is 1.50. The Bertz CT molecular complexity index is 438. The van der Waals surface area contributed by atoms with E-state index in [-0.39, 0.29) is 17.4 Å². The summed E-state index contributed by atoms with van der Waals surface area (Å²) in [5.74, 6) is -3.65. The first-order valence-corrected chi connectivity index (χ1v) is 5.99. The molecule has 3 unspecified atom stereocenters. The summed E-state index contributed by atoms with van der Waals surface area (Å²) in [5.41, 5.74) is 6.03. The minimum atomic E-state index is -1.46. The quantitative estimate of drug-likeness (QED) is 0.829. The highest BCUT2D eigenvalue weighted by atomic mass is 19.2. The molecule has 0 aliphatic carbocycles. The van der Waals surface area contributed by atoms with Crippen LogP contribution in [0.25, 0.3) is 0 Å². The van der Waals surface area contributed by atoms with Gasteiger partial charge in [-0.2, -0.15) is 0 Å². The lowest BCUT2D eigenvalue weighted by molar-refractivity contribution is 0.0150. The summed E-state index contributed by atoms with van der Waals surface area (Å²) in [7, 11) is 0. The molecule has 1 heterocycles. The van der Waals surface area contributed by atoms with Gasteiger partial charge in [-0.15, -0.1) is 0 Å². The third-order valence-electron chi connectivity index (χ3n) is 3.59. The van der Waals surface area contributed by atoms with E-state index in [0.717, 1.165) is 6.07 Å². The molecular weight excluding hydrogens is 243 g/mol. The molecule has 1 aliphatic rings. The Hall–Kier alpha value is -1.07. The van der Waals surface area contributed by atoms with Gasteiger partial charge in [-0.1, -0.05) is 13.0 Å². The van der Waals surface area contributed by atoms with Crippen LogP contribution < -0.4 is 5.73 Å². The molecule has 1 fully saturated rings. The number of halogens is 3. The zero-order valence-corrected chi connectivity index (χ0v) is 10.1. The van der Waals surface area contributed by atoms with Crippen LogP contribution in [0.5, 0.6) is 0 Å². The first-order valence-electron chi connectivity index (χ1n) is 5.99. The summed E-state index contributed by atoms with van der Waals surface area (Å²) in [6.45, 7) is 3.08. The van der Waals surface area contributed by atoms with Crippen molar-refractivity contribution in [1.29, 1.82) is 0 Å². The summed E-state index contributed by atoms with van der Waals surface area (Å²) in [5, 5.41) is 0. The van der Waals surface area contributed by atoms with Crippen LogP contribution in [0.4, 0.5) is 13.2 Å². The molecule has 3 atom stereocenters. The molecule has 0 aromatic heterocycles. The average Bonchev–Trinajstić information content (AvgIpc) is 2.36. The van der Waals surface area contributed by atoms with Crippen LogP contribution in [0.1, 0.15) is 24.9 Å². The molecule has 1 aromatic carbocycles. The van der Waals surface area contributed by atoms with Gasteiger partial charge in [0.05, 0.1) is 0 Å². The lowest BCUT2D eigenvalue weighted by Gasteiger charge is -2.33. The predicted octanol–water partition coefficient (Wildman–Crippen LogP) is 2.78. The second kappa shape index (κ2) is 5.28. The number of nitrogens with two attached hydrogens (primary N) is 1. The van der Waals surface area contributed by atoms with E-state index >= 15 is 0 Å². The Morgan fingerprint density at radius 1 is 1.28 bits per heavy atom. The fourth-order valence-electron chi connectivity index (χ4n) is 2.46. The van der Waals surface area contributed by atoms with Crippen molar-refractivity contribution in [2.75, 3.05) is 13.2 Å². The maximum Gasteiger partial charge on any atom is 0.194 e. The Labute approximate surface area is 104 Å². The van der Waals surface area contributed by atoms with E-state index in [9.17, 15) is 13.2 Å². The normalized spacial score (nSPS) is 26.1. The Balaban J connectivity index is 2.28. The standard InChI is InChI=1S/C13H16F3NO/c1-7-6-18-5-4-8(7)13(17)9-2-3-10(14)12(16)11(9)15/h2-3,7-8,13H,4-6,17H2,1H3. The number of hydrogen-bond acceptors (Lipinski definition) is 2. The molecule has 0 spiro atoms. The van der Waals surface area contributed by atoms with Crippen molar-refractivity contribution in [1.82, 2.24) is 0 Å². The van der Waals surface area contributed by atoms with Crippen molar-refractivity contribution in [2.45, 2.75) is 19.4 Å². The molecule has 18 heavy (non-hydrogen) atoms. The van der Waals surface area contributed by atoms with Gasteiger partial charge in [0, 0.05) is 24.8 Å². The largest absolute Gasteiger partial charge is 0.381 e. The minimum Gasteiger partial charge on any atom is -0.381 e. The molecule has 2 nitrogen and oxygen atoms in total. The van der Waals surface area contributed by atoms with E-state index in [1.807, 2.05) is 6.92 Å². The molecule has 1 saturated heterocycles. The van der Waals surface area contributed by atoms with Crippen molar-refractivity contribution in [3.05, 3.63) is 35.1 Å². The molecule has 5 heteroatoms. The molecule has 2 N–H and O–H groups in total. The number of rotatable bonds is 2. The molecule has 1 aromatic rings. The molecule has 0 bridgehead atoms. The summed E-state index contributed by atoms with van der Waals surface area (Å²) < 4.78 is 45.0. The topological polar surface area (TPSA) is 35.2 Å². The van der Waals surface area contributed by atoms with Crippen molar-refractivity contribution in [2.24, 2.45) is 17.6 Å². The molecule has 0 amide bonds. The zero-order valence-electron chi connectivity index (χ0n) is 10.1. The number of benzene rings is 1. The van der Waals surface area contributed by atoms with Crippen molar-refractivity contribution >= 4 is 0 Å². The van der Waals surface area contributed by atoms with Gasteiger partial charge in [-0.25, -0.2) is 13.2 Å². The van der Waals surface area contributed by atoms with E-state index < -0.39 is 23.5 Å². The van der Waals surface area contributed by atoms with Crippen molar-refractivity contribution < 1.29 is 17.9 Å². The summed E-state index contributed by atoms with van der Waals surface area (Å²) in [6.07, 6.45) is 0.695. The highest BCUT2D eigenvalue weighted by Gasteiger charge is 2.31. The van der Waals surface area contributed by atoms with E-state index in [4.69, 9.17) is 10.5 Å². The predicted molar refractivity (Wildman–Crippen MR) is 61.3 cm³/mol. The molecular formula is C13H16F3NO. The highest BCUT2D eigenvalue weighted by Crippen LogP contribution is 2.33. The molecule has 0 radical (unpaired) electrons. The monoisotopic (exact) mass is 259 g/mol. The van der Waals surface area contributed by atoms with Crippen LogP contribution in [0, 0.1) is 29.3 Å². The van der Waals surface area contributed by atoms with Crippen LogP contribution in [0.15, 0.2) is 12.1 Å². The first-order chi connectivity index (χ1) is 8.52. The van der Waals surface area contributed by atoms with Gasteiger partial charge in [0.1, 0.15) is 0 Å². The van der Waals surface area contributed by atoms with Gasteiger partial charge in [-0.05, 0) is 24.3 Å². The second-order valence-electron chi connectivity index (χ2n) is 4.80. The SMILES string of the molecule is CC1COCCC1C(N)c1ccc(F)c(F)c1F. The smallest absolute Gasteiger partial charge is 0.194 e. The number of hydrogen-bond donors (Lipinski definition) is 1. The fraction of sp³-hybridized carbons (Fsp3) is 0.538. The molecule has 1 aliphatic heterocycles. The summed E-state index contributed by atoms with van der Waals surface area (Å²) >= 11 is 0. The van der Waals surface area contributed by atoms with Crippen LogP contribution in [-0.2, 0) is 4.74 Å². The average molecular weight is 259 g/mol. The van der Waals surface area contributed by atoms with Gasteiger partial charge in [-0.3, -0.25) is 0 Å². The van der Waals surface area contributed by atoms with Gasteiger partial charge in [0.25, 0.3) is 0 Å². The first kappa shape index (κ1) is 13.4. The van der Waals surface area contributed by atoms with Gasteiger partial charge in [0.15, 0.2) is 17.5 Å². The van der Waals surface area contributed by atoms with E-state index in [2.05, 4.69) is 0 Å². The third-order valence-corrected chi connectivity index (χ3v) is 3.59. The van der Waals surface area contributed by atoms with Crippen LogP contribution in [0.3, 0.4) is 0 Å². The van der Waals surface area contributed by atoms with Crippen molar-refractivity contribution in [3.8, 4) is 0 Å². The van der Waals surface area contributed by atoms with Crippen LogP contribution in [0.2, 0.25) is 0 Å². The maximum absolute atomic E-state index is 13.7. The van der Waals surface area contributed by atoms with Crippen molar-refractivity contribution in [3.63, 3.8) is 0 Å². The third kappa shape index (κ3) is 2.37. The molecule has 2 rings (SSSR count). The van der Waals surface area contributed by atoms with E-state index in [1.54, 1.807) is 0 Å². The lowest BCUT2D eigenvalue weighted by atomic mass is 9.81. The van der Waals surface area contributed by atoms with Gasteiger partial charge >= 0.3 is 0 Å². The zero-order chi connectivity index (χ0) is 13.3. The molecule has 100 valence electrons. The molecule has 0 saturated carbocycles.